The average molecular weight is 379 g/mol. The summed E-state index contributed by atoms with van der Waals surface area (Å²) >= 11 is 3.31. The van der Waals surface area contributed by atoms with Gasteiger partial charge >= 0.3 is 0 Å². The lowest BCUT2D eigenvalue weighted by Gasteiger charge is -2.30. The van der Waals surface area contributed by atoms with E-state index in [0.717, 1.165) is 11.1 Å². The Bertz CT molecular complexity index is 712. The summed E-state index contributed by atoms with van der Waals surface area (Å²) in [5.74, 6) is 2.00. The van der Waals surface area contributed by atoms with E-state index >= 15 is 0 Å². The van der Waals surface area contributed by atoms with Crippen LogP contribution in [-0.4, -0.2) is 40.6 Å². The number of rotatable bonds is 4. The number of carbonyl (C=O) groups excluding carboxylic acids is 3. The maximum Gasteiger partial charge on any atom is 0.249 e. The summed E-state index contributed by atoms with van der Waals surface area (Å²) < 4.78 is 5.70. The minimum atomic E-state index is -0.541. The fourth-order valence-corrected chi connectivity index (χ4v) is 3.16. The van der Waals surface area contributed by atoms with Crippen molar-refractivity contribution in [1.82, 2.24) is 10.2 Å². The molecule has 2 heterocycles. The maximum atomic E-state index is 12.1. The maximum absolute atomic E-state index is 12.1. The number of nitrogens with zero attached hydrogens (tertiary/aromatic N) is 1. The molecule has 0 bridgehead atoms. The number of amides is 2. The number of nitrogens with one attached hydrogen (secondary N) is 1. The summed E-state index contributed by atoms with van der Waals surface area (Å²) in [6.45, 7) is 0.902. The van der Waals surface area contributed by atoms with E-state index in [1.165, 1.54) is 0 Å². The number of alkyl halides is 1. The molecule has 7 heteroatoms. The Labute approximate surface area is 141 Å². The summed E-state index contributed by atoms with van der Waals surface area (Å²) in [4.78, 5) is 36.6. The smallest absolute Gasteiger partial charge is 0.249 e. The van der Waals surface area contributed by atoms with Gasteiger partial charge in [-0.15, -0.1) is 0 Å². The lowest BCUT2D eigenvalue weighted by Crippen LogP contribution is -2.50. The van der Waals surface area contributed by atoms with E-state index in [1.807, 2.05) is 24.1 Å². The Morgan fingerprint density at radius 1 is 1.39 bits per heavy atom. The van der Waals surface area contributed by atoms with Crippen LogP contribution in [0.5, 0.6) is 5.75 Å². The Morgan fingerprint density at radius 2 is 2.22 bits per heavy atom. The van der Waals surface area contributed by atoms with Crippen molar-refractivity contribution in [2.75, 3.05) is 11.9 Å². The van der Waals surface area contributed by atoms with Crippen molar-refractivity contribution in [2.24, 2.45) is 0 Å². The molecular formula is C16H15BrN2O4. The van der Waals surface area contributed by atoms with Gasteiger partial charge in [-0.1, -0.05) is 28.1 Å². The van der Waals surface area contributed by atoms with Gasteiger partial charge in [0.2, 0.25) is 11.8 Å². The van der Waals surface area contributed by atoms with Crippen LogP contribution in [0.25, 0.3) is 5.70 Å². The van der Waals surface area contributed by atoms with Gasteiger partial charge in [-0.3, -0.25) is 14.9 Å². The van der Waals surface area contributed by atoms with Gasteiger partial charge in [-0.2, -0.15) is 0 Å². The number of piperidine rings is 1. The van der Waals surface area contributed by atoms with E-state index in [9.17, 15) is 14.4 Å². The van der Waals surface area contributed by atoms with Crippen molar-refractivity contribution in [1.29, 1.82) is 0 Å². The Kier molecular flexibility index (Phi) is 4.50. The molecule has 2 amide bonds. The first kappa shape index (κ1) is 15.8. The van der Waals surface area contributed by atoms with Gasteiger partial charge in [0.25, 0.3) is 0 Å². The Hall–Kier alpha value is -2.11. The van der Waals surface area contributed by atoms with Crippen molar-refractivity contribution in [3.63, 3.8) is 0 Å². The van der Waals surface area contributed by atoms with Gasteiger partial charge in [0.05, 0.1) is 6.61 Å². The van der Waals surface area contributed by atoms with Crippen LogP contribution in [0, 0.1) is 0 Å². The number of hydrogen-bond acceptors (Lipinski definition) is 5. The summed E-state index contributed by atoms with van der Waals surface area (Å²) in [6.07, 6.45) is 0.657. The third kappa shape index (κ3) is 2.90. The number of hydrogen-bond donors (Lipinski definition) is 1. The average Bonchev–Trinajstić information content (AvgIpc) is 2.91. The molecule has 1 fully saturated rings. The summed E-state index contributed by atoms with van der Waals surface area (Å²) in [6, 6.07) is 4.94. The van der Waals surface area contributed by atoms with Crippen molar-refractivity contribution >= 4 is 39.4 Å². The van der Waals surface area contributed by atoms with E-state index < -0.39 is 6.04 Å². The van der Waals surface area contributed by atoms with Crippen LogP contribution in [0.15, 0.2) is 18.2 Å². The first-order chi connectivity index (χ1) is 11.2. The minimum Gasteiger partial charge on any atom is -0.492 e. The highest BCUT2D eigenvalue weighted by molar-refractivity contribution is 9.09. The summed E-state index contributed by atoms with van der Waals surface area (Å²) in [5.41, 5.74) is 1.95. The van der Waals surface area contributed by atoms with Gasteiger partial charge in [0, 0.05) is 29.4 Å². The van der Waals surface area contributed by atoms with Crippen molar-refractivity contribution in [3.8, 4) is 5.75 Å². The van der Waals surface area contributed by atoms with Crippen LogP contribution in [0.4, 0.5) is 0 Å². The predicted octanol–water partition coefficient (Wildman–Crippen LogP) is 1.25. The molecule has 3 rings (SSSR count). The topological polar surface area (TPSA) is 75.7 Å². The second kappa shape index (κ2) is 6.56. The third-order valence-corrected chi connectivity index (χ3v) is 4.35. The van der Waals surface area contributed by atoms with E-state index in [2.05, 4.69) is 21.2 Å². The number of ether oxygens (including phenoxy) is 1. The number of halogens is 1. The summed E-state index contributed by atoms with van der Waals surface area (Å²) in [7, 11) is 0. The molecule has 1 unspecified atom stereocenters. The second-order valence-electron chi connectivity index (χ2n) is 5.37. The molecule has 23 heavy (non-hydrogen) atoms. The molecule has 120 valence electrons. The van der Waals surface area contributed by atoms with E-state index in [0.29, 0.717) is 36.3 Å². The largest absolute Gasteiger partial charge is 0.492 e. The standard InChI is InChI=1S/C16H15BrN2O4/c17-6-7-23-14-3-1-2-10-11(14)8-19(13(10)9-20)12-4-5-15(21)18-16(12)22/h1-3,12H,4-8H2,(H,18,21,22). The van der Waals surface area contributed by atoms with Crippen molar-refractivity contribution in [3.05, 3.63) is 29.3 Å². The molecule has 1 saturated heterocycles. The molecule has 1 N–H and O–H groups in total. The second-order valence-corrected chi connectivity index (χ2v) is 6.16. The minimum absolute atomic E-state index is 0.266. The zero-order valence-corrected chi connectivity index (χ0v) is 13.9. The quantitative estimate of drug-likeness (QED) is 0.484. The molecule has 1 aromatic carbocycles. The van der Waals surface area contributed by atoms with Crippen molar-refractivity contribution in [2.45, 2.75) is 25.4 Å². The molecule has 0 saturated carbocycles. The fraction of sp³-hybridized carbons (Fsp3) is 0.375. The number of benzene rings is 1. The highest BCUT2D eigenvalue weighted by Crippen LogP contribution is 2.39. The summed E-state index contributed by atoms with van der Waals surface area (Å²) in [5, 5.41) is 3.02. The van der Waals surface area contributed by atoms with Gasteiger partial charge in [0.15, 0.2) is 5.94 Å². The normalized spacial score (nSPS) is 20.1. The zero-order chi connectivity index (χ0) is 16.4. The first-order valence-corrected chi connectivity index (χ1v) is 8.44. The van der Waals surface area contributed by atoms with Gasteiger partial charge in [0.1, 0.15) is 17.5 Å². The number of imide groups is 1. The molecule has 6 nitrogen and oxygen atoms in total. The van der Waals surface area contributed by atoms with E-state index in [1.54, 1.807) is 4.90 Å². The molecule has 2 aliphatic heterocycles. The molecule has 1 atom stereocenters. The lowest BCUT2D eigenvalue weighted by atomic mass is 10.0. The van der Waals surface area contributed by atoms with Gasteiger partial charge in [-0.25, -0.2) is 4.79 Å². The molecule has 2 aliphatic rings. The third-order valence-electron chi connectivity index (χ3n) is 4.02. The van der Waals surface area contributed by atoms with Crippen LogP contribution in [0.1, 0.15) is 24.0 Å². The molecule has 0 aromatic heterocycles. The van der Waals surface area contributed by atoms with Gasteiger partial charge in [-0.05, 0) is 12.5 Å². The van der Waals surface area contributed by atoms with Gasteiger partial charge < -0.3 is 9.64 Å². The SMILES string of the molecule is O=C=C1c2cccc(OCCBr)c2CN1C1CCC(=O)NC1=O. The van der Waals surface area contributed by atoms with Crippen LogP contribution in [0.2, 0.25) is 0 Å². The monoisotopic (exact) mass is 378 g/mol. The Morgan fingerprint density at radius 3 is 2.91 bits per heavy atom. The van der Waals surface area contributed by atoms with E-state index in [4.69, 9.17) is 4.74 Å². The molecule has 0 radical (unpaired) electrons. The first-order valence-electron chi connectivity index (χ1n) is 7.32. The number of fused-ring (bicyclic) bond motifs is 1. The fourth-order valence-electron chi connectivity index (χ4n) is 3.00. The Balaban J connectivity index is 1.92. The van der Waals surface area contributed by atoms with Crippen LogP contribution in [0.3, 0.4) is 0 Å². The van der Waals surface area contributed by atoms with Crippen LogP contribution in [-0.2, 0) is 20.9 Å². The lowest BCUT2D eigenvalue weighted by molar-refractivity contribution is -0.136. The van der Waals surface area contributed by atoms with Crippen LogP contribution < -0.4 is 10.1 Å². The number of carbonyl (C=O) groups is 2. The predicted molar refractivity (Wildman–Crippen MR) is 86.5 cm³/mol. The molecule has 0 spiro atoms. The zero-order valence-electron chi connectivity index (χ0n) is 12.3. The molecular weight excluding hydrogens is 364 g/mol. The van der Waals surface area contributed by atoms with E-state index in [-0.39, 0.29) is 18.2 Å². The highest BCUT2D eigenvalue weighted by Gasteiger charge is 2.38. The molecule has 0 aliphatic carbocycles. The molecule has 1 aromatic rings. The van der Waals surface area contributed by atoms with Crippen molar-refractivity contribution < 1.29 is 19.1 Å². The van der Waals surface area contributed by atoms with Crippen LogP contribution >= 0.6 is 15.9 Å². The highest BCUT2D eigenvalue weighted by atomic mass is 79.9.